The minimum absolute atomic E-state index is 0.174. The smallest absolute Gasteiger partial charge is 0.296 e. The van der Waals surface area contributed by atoms with Crippen LogP contribution >= 0.6 is 10.7 Å². The molecule has 0 N–H and O–H groups in total. The van der Waals surface area contributed by atoms with Crippen LogP contribution in [0.1, 0.15) is 43.8 Å². The summed E-state index contributed by atoms with van der Waals surface area (Å²) in [7, 11) is 3.10. The second-order valence-electron chi connectivity index (χ2n) is 4.76. The van der Waals surface area contributed by atoms with Gasteiger partial charge in [-0.25, -0.2) is 8.42 Å². The standard InChI is InChI=1S/C11H18ClN3O3S/c1-18-8-7-15-10(9-5-3-2-4-6-9)13-14-11(15)19(12,16)17/h9H,2-8H2,1H3. The lowest BCUT2D eigenvalue weighted by Gasteiger charge is -2.21. The highest BCUT2D eigenvalue weighted by Crippen LogP contribution is 2.32. The highest BCUT2D eigenvalue weighted by Gasteiger charge is 2.27. The first-order chi connectivity index (χ1) is 9.04. The van der Waals surface area contributed by atoms with E-state index in [1.807, 2.05) is 0 Å². The fraction of sp³-hybridized carbons (Fsp3) is 0.818. The van der Waals surface area contributed by atoms with E-state index in [0.717, 1.165) is 31.5 Å². The maximum absolute atomic E-state index is 11.5. The lowest BCUT2D eigenvalue weighted by Crippen LogP contribution is -2.17. The van der Waals surface area contributed by atoms with Gasteiger partial charge in [-0.15, -0.1) is 10.2 Å². The van der Waals surface area contributed by atoms with Crippen molar-refractivity contribution in [2.24, 2.45) is 0 Å². The van der Waals surface area contributed by atoms with Crippen LogP contribution < -0.4 is 0 Å². The van der Waals surface area contributed by atoms with E-state index in [2.05, 4.69) is 10.2 Å². The van der Waals surface area contributed by atoms with Gasteiger partial charge in [0.25, 0.3) is 14.2 Å². The number of halogens is 1. The third-order valence-electron chi connectivity index (χ3n) is 3.45. The summed E-state index contributed by atoms with van der Waals surface area (Å²) in [5, 5.41) is 7.63. The number of hydrogen-bond donors (Lipinski definition) is 0. The molecule has 2 rings (SSSR count). The van der Waals surface area contributed by atoms with E-state index in [0.29, 0.717) is 13.2 Å². The summed E-state index contributed by atoms with van der Waals surface area (Å²) in [6.07, 6.45) is 5.56. The topological polar surface area (TPSA) is 74.1 Å². The van der Waals surface area contributed by atoms with Crippen molar-refractivity contribution in [2.45, 2.75) is 49.7 Å². The minimum Gasteiger partial charge on any atom is -0.383 e. The Labute approximate surface area is 117 Å². The average Bonchev–Trinajstić information content (AvgIpc) is 2.81. The lowest BCUT2D eigenvalue weighted by molar-refractivity contribution is 0.182. The zero-order valence-electron chi connectivity index (χ0n) is 10.9. The Morgan fingerprint density at radius 1 is 1.32 bits per heavy atom. The molecule has 1 saturated carbocycles. The lowest BCUT2D eigenvalue weighted by atomic mass is 9.89. The molecule has 0 aromatic carbocycles. The molecule has 1 heterocycles. The Hall–Kier alpha value is -0.660. The largest absolute Gasteiger partial charge is 0.383 e. The van der Waals surface area contributed by atoms with Crippen LogP contribution in [0, 0.1) is 0 Å². The van der Waals surface area contributed by atoms with Gasteiger partial charge in [-0.1, -0.05) is 19.3 Å². The summed E-state index contributed by atoms with van der Waals surface area (Å²) < 4.78 is 29.6. The van der Waals surface area contributed by atoms with Crippen molar-refractivity contribution in [1.29, 1.82) is 0 Å². The molecular formula is C11H18ClN3O3S. The van der Waals surface area contributed by atoms with Gasteiger partial charge in [0.05, 0.1) is 6.61 Å². The molecule has 0 bridgehead atoms. The van der Waals surface area contributed by atoms with E-state index in [4.69, 9.17) is 15.4 Å². The van der Waals surface area contributed by atoms with Crippen LogP contribution in [0.4, 0.5) is 0 Å². The van der Waals surface area contributed by atoms with Crippen LogP contribution in [0.15, 0.2) is 5.16 Å². The van der Waals surface area contributed by atoms with Crippen LogP contribution in [0.25, 0.3) is 0 Å². The highest BCUT2D eigenvalue weighted by atomic mass is 35.7. The van der Waals surface area contributed by atoms with E-state index in [1.165, 1.54) is 6.42 Å². The summed E-state index contributed by atoms with van der Waals surface area (Å²) in [5.41, 5.74) is 0. The molecule has 1 aromatic rings. The Morgan fingerprint density at radius 3 is 2.58 bits per heavy atom. The molecular weight excluding hydrogens is 290 g/mol. The molecule has 0 spiro atoms. The maximum Gasteiger partial charge on any atom is 0.296 e. The molecule has 0 aliphatic heterocycles. The quantitative estimate of drug-likeness (QED) is 0.777. The van der Waals surface area contributed by atoms with Crippen molar-refractivity contribution in [3.8, 4) is 0 Å². The van der Waals surface area contributed by atoms with Crippen molar-refractivity contribution in [1.82, 2.24) is 14.8 Å². The number of nitrogens with zero attached hydrogens (tertiary/aromatic N) is 3. The van der Waals surface area contributed by atoms with E-state index in [1.54, 1.807) is 11.7 Å². The highest BCUT2D eigenvalue weighted by molar-refractivity contribution is 8.13. The summed E-state index contributed by atoms with van der Waals surface area (Å²) in [4.78, 5) is 0. The second-order valence-corrected chi connectivity index (χ2v) is 7.22. The molecule has 0 saturated heterocycles. The van der Waals surface area contributed by atoms with Crippen LogP contribution in [0.3, 0.4) is 0 Å². The molecule has 6 nitrogen and oxygen atoms in total. The van der Waals surface area contributed by atoms with Crippen LogP contribution in [0.5, 0.6) is 0 Å². The molecule has 1 aliphatic carbocycles. The molecule has 108 valence electrons. The first-order valence-corrected chi connectivity index (χ1v) is 8.71. The Bertz CT molecular complexity index is 523. The number of rotatable bonds is 5. The molecule has 0 amide bonds. The maximum atomic E-state index is 11.5. The van der Waals surface area contributed by atoms with Gasteiger partial charge in [0.1, 0.15) is 5.82 Å². The Kier molecular flexibility index (Phi) is 4.81. The molecule has 1 aliphatic rings. The third-order valence-corrected chi connectivity index (χ3v) is 4.61. The minimum atomic E-state index is -3.88. The molecule has 1 fully saturated rings. The summed E-state index contributed by atoms with van der Waals surface area (Å²) in [6, 6.07) is 0. The molecule has 0 unspecified atom stereocenters. The molecule has 8 heteroatoms. The third kappa shape index (κ3) is 3.46. The van der Waals surface area contributed by atoms with Gasteiger partial charge in [0.15, 0.2) is 0 Å². The zero-order valence-corrected chi connectivity index (χ0v) is 12.5. The van der Waals surface area contributed by atoms with Gasteiger partial charge in [-0.2, -0.15) is 0 Å². The van der Waals surface area contributed by atoms with E-state index < -0.39 is 9.05 Å². The Morgan fingerprint density at radius 2 is 2.00 bits per heavy atom. The van der Waals surface area contributed by atoms with Crippen molar-refractivity contribution in [3.63, 3.8) is 0 Å². The number of hydrogen-bond acceptors (Lipinski definition) is 5. The van der Waals surface area contributed by atoms with Crippen molar-refractivity contribution < 1.29 is 13.2 Å². The van der Waals surface area contributed by atoms with Crippen LogP contribution in [-0.4, -0.2) is 36.9 Å². The summed E-state index contributed by atoms with van der Waals surface area (Å²) >= 11 is 0. The van der Waals surface area contributed by atoms with Gasteiger partial charge in [0.2, 0.25) is 0 Å². The van der Waals surface area contributed by atoms with E-state index >= 15 is 0 Å². The summed E-state index contributed by atoms with van der Waals surface area (Å²) in [6.45, 7) is 0.799. The van der Waals surface area contributed by atoms with Gasteiger partial charge in [0, 0.05) is 30.3 Å². The van der Waals surface area contributed by atoms with Gasteiger partial charge in [-0.05, 0) is 12.8 Å². The van der Waals surface area contributed by atoms with Gasteiger partial charge >= 0.3 is 0 Å². The fourth-order valence-corrected chi connectivity index (χ4v) is 3.46. The first-order valence-electron chi connectivity index (χ1n) is 6.40. The predicted octanol–water partition coefficient (Wildman–Crippen LogP) is 1.90. The monoisotopic (exact) mass is 307 g/mol. The Balaban J connectivity index is 2.34. The van der Waals surface area contributed by atoms with E-state index in [-0.39, 0.29) is 11.1 Å². The van der Waals surface area contributed by atoms with Crippen molar-refractivity contribution in [3.05, 3.63) is 5.82 Å². The zero-order chi connectivity index (χ0) is 13.9. The summed E-state index contributed by atoms with van der Waals surface area (Å²) in [5.74, 6) is 0.987. The van der Waals surface area contributed by atoms with E-state index in [9.17, 15) is 8.42 Å². The second kappa shape index (κ2) is 6.19. The molecule has 19 heavy (non-hydrogen) atoms. The van der Waals surface area contributed by atoms with Crippen LogP contribution in [0.2, 0.25) is 0 Å². The predicted molar refractivity (Wildman–Crippen MR) is 70.8 cm³/mol. The SMILES string of the molecule is COCCn1c(C2CCCCC2)nnc1S(=O)(=O)Cl. The number of ether oxygens (including phenoxy) is 1. The van der Waals surface area contributed by atoms with Crippen molar-refractivity contribution in [2.75, 3.05) is 13.7 Å². The number of methoxy groups -OCH3 is 1. The molecule has 0 atom stereocenters. The van der Waals surface area contributed by atoms with Crippen LogP contribution in [-0.2, 0) is 20.3 Å². The fourth-order valence-electron chi connectivity index (χ4n) is 2.54. The van der Waals surface area contributed by atoms with Crippen molar-refractivity contribution >= 4 is 19.7 Å². The first kappa shape index (κ1) is 14.7. The molecule has 1 aromatic heterocycles. The van der Waals surface area contributed by atoms with Gasteiger partial charge in [-0.3, -0.25) is 4.57 Å². The number of aromatic nitrogens is 3. The normalized spacial score (nSPS) is 17.8. The molecule has 0 radical (unpaired) electrons. The average molecular weight is 308 g/mol. The van der Waals surface area contributed by atoms with Gasteiger partial charge < -0.3 is 4.74 Å².